The SMILES string of the molecule is CCn1cc(CN2CCC(c3cc(OC)ccc3OC)C2)cc1C#N. The lowest BCUT2D eigenvalue weighted by Crippen LogP contribution is -2.19. The zero-order valence-corrected chi connectivity index (χ0v) is 15.2. The van der Waals surface area contributed by atoms with Crippen molar-refractivity contribution in [1.29, 1.82) is 5.26 Å². The Hall–Kier alpha value is -2.45. The Labute approximate surface area is 149 Å². The molecule has 1 aromatic carbocycles. The molecule has 5 nitrogen and oxygen atoms in total. The van der Waals surface area contributed by atoms with E-state index >= 15 is 0 Å². The van der Waals surface area contributed by atoms with Crippen LogP contribution in [0.15, 0.2) is 30.5 Å². The average molecular weight is 339 g/mol. The van der Waals surface area contributed by atoms with E-state index in [0.29, 0.717) is 5.92 Å². The molecule has 1 aliphatic rings. The molecule has 0 aliphatic carbocycles. The molecule has 0 saturated carbocycles. The third-order valence-electron chi connectivity index (χ3n) is 4.96. The molecule has 1 unspecified atom stereocenters. The first kappa shape index (κ1) is 17.4. The second-order valence-corrected chi connectivity index (χ2v) is 6.46. The van der Waals surface area contributed by atoms with Crippen LogP contribution in [0.3, 0.4) is 0 Å². The summed E-state index contributed by atoms with van der Waals surface area (Å²) in [5.74, 6) is 2.23. The molecule has 0 bridgehead atoms. The molecular weight excluding hydrogens is 314 g/mol. The molecule has 0 spiro atoms. The van der Waals surface area contributed by atoms with Gasteiger partial charge in [-0.25, -0.2) is 0 Å². The number of ether oxygens (including phenoxy) is 2. The first-order valence-corrected chi connectivity index (χ1v) is 8.71. The van der Waals surface area contributed by atoms with Crippen LogP contribution in [0.4, 0.5) is 0 Å². The first-order chi connectivity index (χ1) is 12.2. The molecule has 1 aliphatic heterocycles. The van der Waals surface area contributed by atoms with Crippen molar-refractivity contribution in [3.63, 3.8) is 0 Å². The number of aromatic nitrogens is 1. The Morgan fingerprint density at radius 2 is 2.08 bits per heavy atom. The van der Waals surface area contributed by atoms with Crippen molar-refractivity contribution >= 4 is 0 Å². The van der Waals surface area contributed by atoms with Crippen LogP contribution in [-0.2, 0) is 13.1 Å². The van der Waals surface area contributed by atoms with Gasteiger partial charge >= 0.3 is 0 Å². The third-order valence-corrected chi connectivity index (χ3v) is 4.96. The topological polar surface area (TPSA) is 50.4 Å². The van der Waals surface area contributed by atoms with Gasteiger partial charge in [0.25, 0.3) is 0 Å². The molecule has 1 aromatic heterocycles. The first-order valence-electron chi connectivity index (χ1n) is 8.71. The number of nitrogens with zero attached hydrogens (tertiary/aromatic N) is 3. The van der Waals surface area contributed by atoms with Gasteiger partial charge in [-0.2, -0.15) is 5.26 Å². The van der Waals surface area contributed by atoms with Crippen molar-refractivity contribution in [2.75, 3.05) is 27.3 Å². The van der Waals surface area contributed by atoms with Crippen molar-refractivity contribution in [3.05, 3.63) is 47.3 Å². The lowest BCUT2D eigenvalue weighted by molar-refractivity contribution is 0.325. The number of hydrogen-bond acceptors (Lipinski definition) is 4. The predicted octanol–water partition coefficient (Wildman–Crippen LogP) is 3.39. The monoisotopic (exact) mass is 339 g/mol. The third kappa shape index (κ3) is 3.64. The van der Waals surface area contributed by atoms with Crippen LogP contribution in [0, 0.1) is 11.3 Å². The van der Waals surface area contributed by atoms with Crippen molar-refractivity contribution in [1.82, 2.24) is 9.47 Å². The molecule has 0 radical (unpaired) electrons. The summed E-state index contributed by atoms with van der Waals surface area (Å²) in [6, 6.07) is 10.3. The van der Waals surface area contributed by atoms with Crippen molar-refractivity contribution < 1.29 is 9.47 Å². The van der Waals surface area contributed by atoms with Gasteiger partial charge in [0.2, 0.25) is 0 Å². The minimum atomic E-state index is 0.439. The summed E-state index contributed by atoms with van der Waals surface area (Å²) >= 11 is 0. The van der Waals surface area contributed by atoms with Gasteiger partial charge in [-0.3, -0.25) is 4.90 Å². The molecule has 0 N–H and O–H groups in total. The van der Waals surface area contributed by atoms with Gasteiger partial charge in [0.05, 0.1) is 14.2 Å². The van der Waals surface area contributed by atoms with E-state index in [4.69, 9.17) is 9.47 Å². The van der Waals surface area contributed by atoms with Crippen molar-refractivity contribution in [2.45, 2.75) is 32.4 Å². The van der Waals surface area contributed by atoms with E-state index in [-0.39, 0.29) is 0 Å². The van der Waals surface area contributed by atoms with E-state index in [1.165, 1.54) is 11.1 Å². The fourth-order valence-corrected chi connectivity index (χ4v) is 3.66. The highest BCUT2D eigenvalue weighted by Gasteiger charge is 2.27. The zero-order valence-electron chi connectivity index (χ0n) is 15.2. The van der Waals surface area contributed by atoms with Crippen LogP contribution in [0.2, 0.25) is 0 Å². The molecule has 2 aromatic rings. The van der Waals surface area contributed by atoms with Crippen LogP contribution < -0.4 is 9.47 Å². The van der Waals surface area contributed by atoms with E-state index in [1.807, 2.05) is 22.8 Å². The van der Waals surface area contributed by atoms with E-state index in [1.54, 1.807) is 14.2 Å². The van der Waals surface area contributed by atoms with Crippen LogP contribution in [-0.4, -0.2) is 36.8 Å². The summed E-state index contributed by atoms with van der Waals surface area (Å²) in [5.41, 5.74) is 3.16. The number of rotatable bonds is 6. The highest BCUT2D eigenvalue weighted by Crippen LogP contribution is 2.36. The molecule has 3 rings (SSSR count). The standard InChI is InChI=1S/C20H25N3O2/c1-4-23-13-15(9-17(23)11-21)12-22-8-7-16(14-22)19-10-18(24-2)5-6-20(19)25-3/h5-6,9-10,13,16H,4,7-8,12,14H2,1-3H3. The molecule has 2 heterocycles. The summed E-state index contributed by atoms with van der Waals surface area (Å²) in [6.45, 7) is 5.80. The number of methoxy groups -OCH3 is 2. The number of hydrogen-bond donors (Lipinski definition) is 0. The number of nitriles is 1. The average Bonchev–Trinajstić information content (AvgIpc) is 3.27. The van der Waals surface area contributed by atoms with Gasteiger partial charge in [0.1, 0.15) is 23.3 Å². The summed E-state index contributed by atoms with van der Waals surface area (Å²) in [4.78, 5) is 2.44. The largest absolute Gasteiger partial charge is 0.497 e. The van der Waals surface area contributed by atoms with E-state index in [9.17, 15) is 5.26 Å². The van der Waals surface area contributed by atoms with Crippen LogP contribution in [0.5, 0.6) is 11.5 Å². The minimum absolute atomic E-state index is 0.439. The molecular formula is C20H25N3O2. The lowest BCUT2D eigenvalue weighted by atomic mass is 9.97. The smallest absolute Gasteiger partial charge is 0.122 e. The van der Waals surface area contributed by atoms with Crippen LogP contribution >= 0.6 is 0 Å². The van der Waals surface area contributed by atoms with Gasteiger partial charge in [0, 0.05) is 37.3 Å². The number of benzene rings is 1. The molecule has 5 heteroatoms. The summed E-state index contributed by atoms with van der Waals surface area (Å²) in [5, 5.41) is 9.21. The molecule has 0 amide bonds. The summed E-state index contributed by atoms with van der Waals surface area (Å²) in [7, 11) is 3.41. The molecule has 1 atom stereocenters. The highest BCUT2D eigenvalue weighted by molar-refractivity contribution is 5.43. The Bertz CT molecular complexity index is 776. The Balaban J connectivity index is 1.72. The zero-order chi connectivity index (χ0) is 17.8. The second-order valence-electron chi connectivity index (χ2n) is 6.46. The van der Waals surface area contributed by atoms with E-state index in [0.717, 1.165) is 49.8 Å². The maximum atomic E-state index is 9.21. The van der Waals surface area contributed by atoms with Gasteiger partial charge in [-0.15, -0.1) is 0 Å². The summed E-state index contributed by atoms with van der Waals surface area (Å²) in [6.07, 6.45) is 3.20. The van der Waals surface area contributed by atoms with E-state index < -0.39 is 0 Å². The highest BCUT2D eigenvalue weighted by atomic mass is 16.5. The predicted molar refractivity (Wildman–Crippen MR) is 97.0 cm³/mol. The fourth-order valence-electron chi connectivity index (χ4n) is 3.66. The van der Waals surface area contributed by atoms with Gasteiger partial charge in [0.15, 0.2) is 0 Å². The molecule has 1 saturated heterocycles. The Morgan fingerprint density at radius 3 is 2.72 bits per heavy atom. The molecule has 1 fully saturated rings. The Morgan fingerprint density at radius 1 is 1.24 bits per heavy atom. The molecule has 25 heavy (non-hydrogen) atoms. The van der Waals surface area contributed by atoms with Crippen molar-refractivity contribution in [2.24, 2.45) is 0 Å². The van der Waals surface area contributed by atoms with Gasteiger partial charge in [-0.05, 0) is 49.7 Å². The molecule has 132 valence electrons. The maximum absolute atomic E-state index is 9.21. The quantitative estimate of drug-likeness (QED) is 0.809. The van der Waals surface area contributed by atoms with Crippen LogP contribution in [0.25, 0.3) is 0 Å². The number of likely N-dealkylation sites (tertiary alicyclic amines) is 1. The lowest BCUT2D eigenvalue weighted by Gasteiger charge is -2.18. The van der Waals surface area contributed by atoms with E-state index in [2.05, 4.69) is 30.2 Å². The Kier molecular flexibility index (Phi) is 5.30. The summed E-state index contributed by atoms with van der Waals surface area (Å²) < 4.78 is 12.9. The fraction of sp³-hybridized carbons (Fsp3) is 0.450. The minimum Gasteiger partial charge on any atom is -0.497 e. The van der Waals surface area contributed by atoms with Crippen molar-refractivity contribution in [3.8, 4) is 17.6 Å². The number of aryl methyl sites for hydroxylation is 1. The van der Waals surface area contributed by atoms with Gasteiger partial charge < -0.3 is 14.0 Å². The van der Waals surface area contributed by atoms with Crippen LogP contribution in [0.1, 0.15) is 36.1 Å². The second kappa shape index (κ2) is 7.62. The maximum Gasteiger partial charge on any atom is 0.122 e. The van der Waals surface area contributed by atoms with Gasteiger partial charge in [-0.1, -0.05) is 0 Å². The normalized spacial score (nSPS) is 17.4.